The quantitative estimate of drug-likeness (QED) is 0.553. The number of carbonyl (C=O) groups is 1. The Morgan fingerprint density at radius 3 is 2.70 bits per heavy atom. The van der Waals surface area contributed by atoms with E-state index < -0.39 is 0 Å². The SMILES string of the molecule is CC(C)[C@H]1CC(=O)CCO1. The first kappa shape index (κ1) is 7.73. The molecule has 0 radical (unpaired) electrons. The van der Waals surface area contributed by atoms with Gasteiger partial charge in [-0.3, -0.25) is 4.79 Å². The van der Waals surface area contributed by atoms with E-state index in [1.54, 1.807) is 0 Å². The van der Waals surface area contributed by atoms with Crippen LogP contribution in [0, 0.1) is 5.92 Å². The summed E-state index contributed by atoms with van der Waals surface area (Å²) in [6, 6.07) is 0. The molecule has 58 valence electrons. The van der Waals surface area contributed by atoms with Crippen molar-refractivity contribution in [3.8, 4) is 0 Å². The highest BCUT2D eigenvalue weighted by atomic mass is 16.5. The van der Waals surface area contributed by atoms with Gasteiger partial charge in [0.1, 0.15) is 5.78 Å². The lowest BCUT2D eigenvalue weighted by atomic mass is 9.98. The molecular weight excluding hydrogens is 128 g/mol. The number of hydrogen-bond donors (Lipinski definition) is 0. The van der Waals surface area contributed by atoms with Crippen molar-refractivity contribution >= 4 is 5.78 Å². The molecule has 2 nitrogen and oxygen atoms in total. The van der Waals surface area contributed by atoms with Crippen LogP contribution in [-0.4, -0.2) is 18.5 Å². The Balaban J connectivity index is 2.39. The van der Waals surface area contributed by atoms with Crippen LogP contribution in [0.25, 0.3) is 0 Å². The third-order valence-electron chi connectivity index (χ3n) is 1.89. The van der Waals surface area contributed by atoms with Gasteiger partial charge in [-0.2, -0.15) is 0 Å². The lowest BCUT2D eigenvalue weighted by Crippen LogP contribution is -2.29. The first-order valence-electron chi connectivity index (χ1n) is 3.83. The summed E-state index contributed by atoms with van der Waals surface area (Å²) in [5.41, 5.74) is 0. The molecule has 0 unspecified atom stereocenters. The highest BCUT2D eigenvalue weighted by Gasteiger charge is 2.22. The first-order chi connectivity index (χ1) is 4.70. The van der Waals surface area contributed by atoms with E-state index in [1.807, 2.05) is 0 Å². The van der Waals surface area contributed by atoms with Crippen molar-refractivity contribution in [2.75, 3.05) is 6.61 Å². The third-order valence-corrected chi connectivity index (χ3v) is 1.89. The molecule has 1 fully saturated rings. The smallest absolute Gasteiger partial charge is 0.137 e. The molecule has 0 saturated carbocycles. The maximum Gasteiger partial charge on any atom is 0.137 e. The lowest BCUT2D eigenvalue weighted by molar-refractivity contribution is -0.130. The summed E-state index contributed by atoms with van der Waals surface area (Å²) in [4.78, 5) is 10.9. The van der Waals surface area contributed by atoms with Gasteiger partial charge in [0.2, 0.25) is 0 Å². The molecule has 10 heavy (non-hydrogen) atoms. The average molecular weight is 142 g/mol. The Labute approximate surface area is 61.6 Å². The number of ether oxygens (including phenoxy) is 1. The van der Waals surface area contributed by atoms with Gasteiger partial charge in [-0.05, 0) is 5.92 Å². The molecule has 1 aliphatic heterocycles. The van der Waals surface area contributed by atoms with Gasteiger partial charge in [-0.15, -0.1) is 0 Å². The normalized spacial score (nSPS) is 27.5. The summed E-state index contributed by atoms with van der Waals surface area (Å²) in [7, 11) is 0. The predicted molar refractivity (Wildman–Crippen MR) is 38.8 cm³/mol. The fourth-order valence-corrected chi connectivity index (χ4v) is 1.14. The minimum Gasteiger partial charge on any atom is -0.377 e. The van der Waals surface area contributed by atoms with E-state index in [9.17, 15) is 4.79 Å². The number of carbonyl (C=O) groups excluding carboxylic acids is 1. The van der Waals surface area contributed by atoms with Crippen LogP contribution in [0.1, 0.15) is 26.7 Å². The summed E-state index contributed by atoms with van der Waals surface area (Å²) >= 11 is 0. The maximum atomic E-state index is 10.9. The van der Waals surface area contributed by atoms with Crippen molar-refractivity contribution in [3.05, 3.63) is 0 Å². The van der Waals surface area contributed by atoms with E-state index in [1.165, 1.54) is 0 Å². The van der Waals surface area contributed by atoms with Crippen LogP contribution in [0.4, 0.5) is 0 Å². The van der Waals surface area contributed by atoms with E-state index in [2.05, 4.69) is 13.8 Å². The maximum absolute atomic E-state index is 10.9. The molecule has 1 aliphatic rings. The third kappa shape index (κ3) is 1.81. The van der Waals surface area contributed by atoms with Crippen LogP contribution >= 0.6 is 0 Å². The summed E-state index contributed by atoms with van der Waals surface area (Å²) < 4.78 is 5.39. The van der Waals surface area contributed by atoms with Crippen molar-refractivity contribution in [2.24, 2.45) is 5.92 Å². The van der Waals surface area contributed by atoms with Crippen LogP contribution in [0.3, 0.4) is 0 Å². The molecule has 0 amide bonds. The monoisotopic (exact) mass is 142 g/mol. The van der Waals surface area contributed by atoms with Crippen molar-refractivity contribution < 1.29 is 9.53 Å². The average Bonchev–Trinajstić information content (AvgIpc) is 1.88. The molecule has 1 atom stereocenters. The minimum absolute atomic E-state index is 0.182. The molecule has 1 heterocycles. The van der Waals surface area contributed by atoms with Crippen LogP contribution < -0.4 is 0 Å². The Morgan fingerprint density at radius 1 is 1.60 bits per heavy atom. The molecule has 2 heteroatoms. The van der Waals surface area contributed by atoms with Gasteiger partial charge in [-0.25, -0.2) is 0 Å². The van der Waals surface area contributed by atoms with Crippen molar-refractivity contribution in [1.29, 1.82) is 0 Å². The Morgan fingerprint density at radius 2 is 2.30 bits per heavy atom. The van der Waals surface area contributed by atoms with Gasteiger partial charge in [0.15, 0.2) is 0 Å². The van der Waals surface area contributed by atoms with E-state index in [0.717, 1.165) is 0 Å². The summed E-state index contributed by atoms with van der Waals surface area (Å²) in [5.74, 6) is 0.828. The van der Waals surface area contributed by atoms with Gasteiger partial charge in [-0.1, -0.05) is 13.8 Å². The van der Waals surface area contributed by atoms with Crippen LogP contribution in [0.15, 0.2) is 0 Å². The van der Waals surface area contributed by atoms with Gasteiger partial charge in [0.25, 0.3) is 0 Å². The molecule has 0 aliphatic carbocycles. The fraction of sp³-hybridized carbons (Fsp3) is 0.875. The highest BCUT2D eigenvalue weighted by Crippen LogP contribution is 2.16. The molecular formula is C8H14O2. The van der Waals surface area contributed by atoms with Gasteiger partial charge >= 0.3 is 0 Å². The standard InChI is InChI=1S/C8H14O2/c1-6(2)8-5-7(9)3-4-10-8/h6,8H,3-5H2,1-2H3/t8-/m1/s1. The van der Waals surface area contributed by atoms with E-state index in [-0.39, 0.29) is 6.10 Å². The number of rotatable bonds is 1. The molecule has 1 rings (SSSR count). The minimum atomic E-state index is 0.182. The van der Waals surface area contributed by atoms with E-state index in [0.29, 0.717) is 31.1 Å². The topological polar surface area (TPSA) is 26.3 Å². The first-order valence-corrected chi connectivity index (χ1v) is 3.83. The van der Waals surface area contributed by atoms with Gasteiger partial charge in [0.05, 0.1) is 12.7 Å². The second-order valence-corrected chi connectivity index (χ2v) is 3.15. The Bertz CT molecular complexity index is 129. The molecule has 0 bridgehead atoms. The predicted octanol–water partition coefficient (Wildman–Crippen LogP) is 1.39. The molecule has 0 N–H and O–H groups in total. The molecule has 1 saturated heterocycles. The lowest BCUT2D eigenvalue weighted by Gasteiger charge is -2.24. The van der Waals surface area contributed by atoms with Crippen molar-refractivity contribution in [1.82, 2.24) is 0 Å². The summed E-state index contributed by atoms with van der Waals surface area (Å²) in [6.07, 6.45) is 1.42. The zero-order valence-corrected chi connectivity index (χ0v) is 6.59. The largest absolute Gasteiger partial charge is 0.377 e. The van der Waals surface area contributed by atoms with Crippen LogP contribution in [0.2, 0.25) is 0 Å². The van der Waals surface area contributed by atoms with E-state index in [4.69, 9.17) is 4.74 Å². The van der Waals surface area contributed by atoms with Crippen molar-refractivity contribution in [2.45, 2.75) is 32.8 Å². The number of hydrogen-bond acceptors (Lipinski definition) is 2. The van der Waals surface area contributed by atoms with Gasteiger partial charge in [0, 0.05) is 12.8 Å². The zero-order valence-electron chi connectivity index (χ0n) is 6.59. The van der Waals surface area contributed by atoms with E-state index >= 15 is 0 Å². The molecule has 0 aromatic carbocycles. The van der Waals surface area contributed by atoms with Crippen molar-refractivity contribution in [3.63, 3.8) is 0 Å². The molecule has 0 aromatic heterocycles. The fourth-order valence-electron chi connectivity index (χ4n) is 1.14. The summed E-state index contributed by atoms with van der Waals surface area (Å²) in [6.45, 7) is 4.80. The number of Topliss-reactive ketones (excluding diaryl/α,β-unsaturated/α-hetero) is 1. The molecule has 0 aromatic rings. The van der Waals surface area contributed by atoms with Crippen LogP contribution in [-0.2, 0) is 9.53 Å². The Kier molecular flexibility index (Phi) is 2.44. The van der Waals surface area contributed by atoms with Crippen LogP contribution in [0.5, 0.6) is 0 Å². The summed E-state index contributed by atoms with van der Waals surface area (Å²) in [5, 5.41) is 0. The second-order valence-electron chi connectivity index (χ2n) is 3.15. The zero-order chi connectivity index (χ0) is 7.56. The number of ketones is 1. The highest BCUT2D eigenvalue weighted by molar-refractivity contribution is 5.79. The van der Waals surface area contributed by atoms with Gasteiger partial charge < -0.3 is 4.74 Å². The second kappa shape index (κ2) is 3.15. The molecule has 0 spiro atoms. The Hall–Kier alpha value is -0.370.